The molecule has 1 amide bonds. The van der Waals surface area contributed by atoms with E-state index in [1.54, 1.807) is 0 Å². The lowest BCUT2D eigenvalue weighted by Crippen LogP contribution is -2.28. The first-order valence-corrected chi connectivity index (χ1v) is 5.86. The number of hydrogen-bond donors (Lipinski definition) is 1. The van der Waals surface area contributed by atoms with Crippen LogP contribution in [0.3, 0.4) is 0 Å². The summed E-state index contributed by atoms with van der Waals surface area (Å²) in [5.41, 5.74) is 0.503. The van der Waals surface area contributed by atoms with Crippen LogP contribution >= 0.6 is 11.6 Å². The second-order valence-electron chi connectivity index (χ2n) is 4.11. The highest BCUT2D eigenvalue weighted by molar-refractivity contribution is 6.20. The Morgan fingerprint density at radius 3 is 2.81 bits per heavy atom. The molecule has 0 aliphatic heterocycles. The molecule has 0 saturated heterocycles. The summed E-state index contributed by atoms with van der Waals surface area (Å²) in [6, 6.07) is 0. The van der Waals surface area contributed by atoms with Crippen LogP contribution in [0.2, 0.25) is 0 Å². The zero-order valence-corrected chi connectivity index (χ0v) is 9.65. The summed E-state index contributed by atoms with van der Waals surface area (Å²) in [7, 11) is 0. The van der Waals surface area contributed by atoms with Gasteiger partial charge in [-0.25, -0.2) is 9.97 Å². The summed E-state index contributed by atoms with van der Waals surface area (Å²) in [5, 5.41) is 3.16. The SMILES string of the molecule is O=C(NCC1CCC(Cl)C1)c1cncnc1. The fourth-order valence-electron chi connectivity index (χ4n) is 1.95. The zero-order valence-electron chi connectivity index (χ0n) is 8.90. The van der Waals surface area contributed by atoms with Gasteiger partial charge in [-0.15, -0.1) is 11.6 Å². The number of nitrogens with one attached hydrogen (secondary N) is 1. The molecule has 2 rings (SSSR count). The van der Waals surface area contributed by atoms with E-state index in [2.05, 4.69) is 15.3 Å². The van der Waals surface area contributed by atoms with Gasteiger partial charge in [0.15, 0.2) is 0 Å². The van der Waals surface area contributed by atoms with Crippen molar-refractivity contribution in [2.45, 2.75) is 24.6 Å². The summed E-state index contributed by atoms with van der Waals surface area (Å²) < 4.78 is 0. The van der Waals surface area contributed by atoms with Crippen LogP contribution in [-0.4, -0.2) is 27.8 Å². The Morgan fingerprint density at radius 2 is 2.19 bits per heavy atom. The number of carbonyl (C=O) groups excluding carboxylic acids is 1. The molecule has 0 aromatic carbocycles. The number of carbonyl (C=O) groups is 1. The molecule has 5 heteroatoms. The minimum absolute atomic E-state index is 0.112. The molecule has 16 heavy (non-hydrogen) atoms. The molecule has 86 valence electrons. The van der Waals surface area contributed by atoms with E-state index < -0.39 is 0 Å². The summed E-state index contributed by atoms with van der Waals surface area (Å²) in [5.74, 6) is 0.398. The lowest BCUT2D eigenvalue weighted by Gasteiger charge is -2.10. The summed E-state index contributed by atoms with van der Waals surface area (Å²) in [6.07, 6.45) is 7.58. The Balaban J connectivity index is 1.80. The number of aromatic nitrogens is 2. The minimum atomic E-state index is -0.112. The van der Waals surface area contributed by atoms with Gasteiger partial charge < -0.3 is 5.32 Å². The molecule has 0 radical (unpaired) electrons. The smallest absolute Gasteiger partial charge is 0.254 e. The number of halogens is 1. The molecule has 1 saturated carbocycles. The maximum absolute atomic E-state index is 11.7. The second kappa shape index (κ2) is 5.25. The fraction of sp³-hybridized carbons (Fsp3) is 0.545. The molecule has 1 N–H and O–H groups in total. The molecule has 1 heterocycles. The highest BCUT2D eigenvalue weighted by atomic mass is 35.5. The minimum Gasteiger partial charge on any atom is -0.352 e. The lowest BCUT2D eigenvalue weighted by molar-refractivity contribution is 0.0946. The highest BCUT2D eigenvalue weighted by Gasteiger charge is 2.23. The summed E-state index contributed by atoms with van der Waals surface area (Å²) in [6.45, 7) is 0.691. The first-order valence-electron chi connectivity index (χ1n) is 5.43. The third kappa shape index (κ3) is 2.92. The molecule has 1 aliphatic rings. The van der Waals surface area contributed by atoms with Gasteiger partial charge in [0, 0.05) is 24.3 Å². The van der Waals surface area contributed by atoms with Crippen LogP contribution in [0.25, 0.3) is 0 Å². The van der Waals surface area contributed by atoms with Crippen molar-refractivity contribution >= 4 is 17.5 Å². The third-order valence-electron chi connectivity index (χ3n) is 2.85. The van der Waals surface area contributed by atoms with Gasteiger partial charge in [-0.05, 0) is 25.2 Å². The average molecular weight is 240 g/mol. The van der Waals surface area contributed by atoms with Crippen molar-refractivity contribution in [1.82, 2.24) is 15.3 Å². The van der Waals surface area contributed by atoms with Crippen molar-refractivity contribution in [3.63, 3.8) is 0 Å². The molecule has 1 aromatic rings. The Morgan fingerprint density at radius 1 is 1.44 bits per heavy atom. The van der Waals surface area contributed by atoms with E-state index in [9.17, 15) is 4.79 Å². The van der Waals surface area contributed by atoms with E-state index in [0.717, 1.165) is 19.3 Å². The first kappa shape index (κ1) is 11.3. The fourth-order valence-corrected chi connectivity index (χ4v) is 2.33. The van der Waals surface area contributed by atoms with Gasteiger partial charge in [0.1, 0.15) is 6.33 Å². The van der Waals surface area contributed by atoms with Crippen molar-refractivity contribution in [3.05, 3.63) is 24.3 Å². The number of hydrogen-bond acceptors (Lipinski definition) is 3. The molecule has 1 aromatic heterocycles. The van der Waals surface area contributed by atoms with Crippen LogP contribution < -0.4 is 5.32 Å². The largest absolute Gasteiger partial charge is 0.352 e. The highest BCUT2D eigenvalue weighted by Crippen LogP contribution is 2.28. The van der Waals surface area contributed by atoms with Crippen LogP contribution in [-0.2, 0) is 0 Å². The number of nitrogens with zero attached hydrogens (tertiary/aromatic N) is 2. The predicted octanol–water partition coefficient (Wildman–Crippen LogP) is 1.61. The third-order valence-corrected chi connectivity index (χ3v) is 3.25. The van der Waals surface area contributed by atoms with Crippen LogP contribution in [0.15, 0.2) is 18.7 Å². The van der Waals surface area contributed by atoms with Crippen molar-refractivity contribution < 1.29 is 4.79 Å². The normalized spacial score (nSPS) is 24.3. The van der Waals surface area contributed by atoms with Gasteiger partial charge in [-0.3, -0.25) is 4.79 Å². The Bertz CT molecular complexity index is 358. The maximum atomic E-state index is 11.7. The molecule has 2 atom stereocenters. The zero-order chi connectivity index (χ0) is 11.4. The van der Waals surface area contributed by atoms with E-state index in [-0.39, 0.29) is 11.3 Å². The quantitative estimate of drug-likeness (QED) is 0.816. The van der Waals surface area contributed by atoms with E-state index in [1.807, 2.05) is 0 Å². The van der Waals surface area contributed by atoms with Gasteiger partial charge in [-0.2, -0.15) is 0 Å². The van der Waals surface area contributed by atoms with Crippen LogP contribution in [0.1, 0.15) is 29.6 Å². The van der Waals surface area contributed by atoms with Crippen molar-refractivity contribution in [3.8, 4) is 0 Å². The van der Waals surface area contributed by atoms with Gasteiger partial charge in [0.05, 0.1) is 5.56 Å². The van der Waals surface area contributed by atoms with Crippen molar-refractivity contribution in [1.29, 1.82) is 0 Å². The predicted molar refractivity (Wildman–Crippen MR) is 61.3 cm³/mol. The lowest BCUT2D eigenvalue weighted by atomic mass is 10.1. The number of alkyl halides is 1. The molecule has 0 bridgehead atoms. The van der Waals surface area contributed by atoms with Crippen molar-refractivity contribution in [2.75, 3.05) is 6.54 Å². The number of rotatable bonds is 3. The van der Waals surface area contributed by atoms with E-state index in [0.29, 0.717) is 18.0 Å². The number of amides is 1. The van der Waals surface area contributed by atoms with Gasteiger partial charge in [0.2, 0.25) is 0 Å². The maximum Gasteiger partial charge on any atom is 0.254 e. The summed E-state index contributed by atoms with van der Waals surface area (Å²) in [4.78, 5) is 19.3. The molecule has 2 unspecified atom stereocenters. The topological polar surface area (TPSA) is 54.9 Å². The monoisotopic (exact) mass is 239 g/mol. The van der Waals surface area contributed by atoms with Crippen LogP contribution in [0.4, 0.5) is 0 Å². The first-order chi connectivity index (χ1) is 7.75. The van der Waals surface area contributed by atoms with E-state index in [1.165, 1.54) is 18.7 Å². The molecular formula is C11H14ClN3O. The van der Waals surface area contributed by atoms with Gasteiger partial charge in [-0.1, -0.05) is 0 Å². The summed E-state index contributed by atoms with van der Waals surface area (Å²) >= 11 is 6.01. The Labute approximate surface area is 99.4 Å². The molecule has 1 fully saturated rings. The van der Waals surface area contributed by atoms with Gasteiger partial charge >= 0.3 is 0 Å². The molecule has 1 aliphatic carbocycles. The molecular weight excluding hydrogens is 226 g/mol. The van der Waals surface area contributed by atoms with Gasteiger partial charge in [0.25, 0.3) is 5.91 Å². The van der Waals surface area contributed by atoms with Crippen molar-refractivity contribution in [2.24, 2.45) is 5.92 Å². The van der Waals surface area contributed by atoms with Crippen LogP contribution in [0.5, 0.6) is 0 Å². The average Bonchev–Trinajstić information content (AvgIpc) is 2.73. The Hall–Kier alpha value is -1.16. The molecule has 0 spiro atoms. The van der Waals surface area contributed by atoms with Crippen LogP contribution in [0, 0.1) is 5.92 Å². The molecule has 4 nitrogen and oxygen atoms in total. The second-order valence-corrected chi connectivity index (χ2v) is 4.73. The van der Waals surface area contributed by atoms with E-state index in [4.69, 9.17) is 11.6 Å². The standard InChI is InChI=1S/C11H14ClN3O/c12-10-2-1-8(3-10)4-15-11(16)9-5-13-7-14-6-9/h5-8,10H,1-4H2,(H,15,16). The van der Waals surface area contributed by atoms with E-state index >= 15 is 0 Å². The Kier molecular flexibility index (Phi) is 3.72.